The summed E-state index contributed by atoms with van der Waals surface area (Å²) in [5.74, 6) is 1.01. The number of nitriles is 1. The quantitative estimate of drug-likeness (QED) is 0.777. The van der Waals surface area contributed by atoms with Gasteiger partial charge in [-0.1, -0.05) is 12.1 Å². The molecule has 0 aliphatic heterocycles. The number of ether oxygens (including phenoxy) is 2. The largest absolute Gasteiger partial charge is 0.484 e. The second kappa shape index (κ2) is 9.58. The topological polar surface area (TPSA) is 84.2 Å². The first-order chi connectivity index (χ1) is 13.2. The van der Waals surface area contributed by atoms with Gasteiger partial charge < -0.3 is 14.8 Å². The fraction of sp³-hybridized carbons (Fsp3) is 0.381. The number of hydrogen-bond acceptors (Lipinski definition) is 5. The van der Waals surface area contributed by atoms with Gasteiger partial charge in [-0.2, -0.15) is 5.26 Å². The van der Waals surface area contributed by atoms with Gasteiger partial charge in [-0.3, -0.25) is 4.79 Å². The van der Waals surface area contributed by atoms with Crippen molar-refractivity contribution < 1.29 is 14.3 Å². The van der Waals surface area contributed by atoms with Crippen molar-refractivity contribution in [2.75, 3.05) is 6.61 Å². The number of rotatable bonds is 8. The molecule has 1 fully saturated rings. The molecule has 1 saturated carbocycles. The molecule has 1 aliphatic carbocycles. The third kappa shape index (κ3) is 6.00. The Labute approximate surface area is 159 Å². The summed E-state index contributed by atoms with van der Waals surface area (Å²) >= 11 is 0. The van der Waals surface area contributed by atoms with Crippen LogP contribution in [0.2, 0.25) is 0 Å². The number of carbonyl (C=O) groups excluding carboxylic acids is 1. The molecule has 1 aromatic carbocycles. The molecule has 0 atom stereocenters. The van der Waals surface area contributed by atoms with Crippen molar-refractivity contribution in [3.8, 4) is 17.7 Å². The van der Waals surface area contributed by atoms with E-state index in [4.69, 9.17) is 14.7 Å². The van der Waals surface area contributed by atoms with Gasteiger partial charge in [0, 0.05) is 18.8 Å². The van der Waals surface area contributed by atoms with Gasteiger partial charge in [-0.05, 0) is 55.0 Å². The van der Waals surface area contributed by atoms with Crippen LogP contribution in [-0.4, -0.2) is 23.6 Å². The molecule has 27 heavy (non-hydrogen) atoms. The van der Waals surface area contributed by atoms with E-state index in [1.807, 2.05) is 24.3 Å². The Morgan fingerprint density at radius 2 is 1.96 bits per heavy atom. The highest BCUT2D eigenvalue weighted by atomic mass is 16.5. The number of benzene rings is 1. The highest BCUT2D eigenvalue weighted by Gasteiger charge is 2.17. The Kier molecular flexibility index (Phi) is 6.64. The molecule has 0 unspecified atom stereocenters. The summed E-state index contributed by atoms with van der Waals surface area (Å²) < 4.78 is 11.4. The van der Waals surface area contributed by atoms with E-state index < -0.39 is 0 Å². The van der Waals surface area contributed by atoms with Crippen LogP contribution in [0, 0.1) is 11.3 Å². The number of aromatic nitrogens is 1. The maximum absolute atomic E-state index is 12.0. The first-order valence-electron chi connectivity index (χ1n) is 9.20. The monoisotopic (exact) mass is 365 g/mol. The lowest BCUT2D eigenvalue weighted by molar-refractivity contribution is -0.123. The number of amides is 1. The Morgan fingerprint density at radius 3 is 2.70 bits per heavy atom. The average Bonchev–Trinajstić information content (AvgIpc) is 3.19. The fourth-order valence-electron chi connectivity index (χ4n) is 3.00. The van der Waals surface area contributed by atoms with E-state index in [1.165, 1.54) is 12.8 Å². The van der Waals surface area contributed by atoms with Crippen molar-refractivity contribution in [2.45, 2.75) is 44.8 Å². The van der Waals surface area contributed by atoms with Crippen molar-refractivity contribution in [1.29, 1.82) is 5.26 Å². The average molecular weight is 365 g/mol. The Balaban J connectivity index is 1.42. The highest BCUT2D eigenvalue weighted by Crippen LogP contribution is 2.23. The van der Waals surface area contributed by atoms with Crippen LogP contribution in [0.15, 0.2) is 42.6 Å². The smallest absolute Gasteiger partial charge is 0.258 e. The Hall–Kier alpha value is -3.07. The number of pyridine rings is 1. The SMILES string of the molecule is N#CCc1ccc(OCC(=O)NCc2ccnc(OC3CCCC3)c2)cc1. The predicted molar refractivity (Wildman–Crippen MR) is 100 cm³/mol. The van der Waals surface area contributed by atoms with Crippen LogP contribution in [0.4, 0.5) is 0 Å². The summed E-state index contributed by atoms with van der Waals surface area (Å²) in [5.41, 5.74) is 1.86. The molecule has 0 radical (unpaired) electrons. The van der Waals surface area contributed by atoms with Crippen molar-refractivity contribution in [3.05, 3.63) is 53.7 Å². The standard InChI is InChI=1S/C21H23N3O3/c22-11-9-16-5-7-18(8-6-16)26-15-20(25)24-14-17-10-12-23-21(13-17)27-19-3-1-2-4-19/h5-8,10,12-13,19H,1-4,9,14-15H2,(H,24,25). The minimum Gasteiger partial charge on any atom is -0.484 e. The molecular formula is C21H23N3O3. The molecule has 1 amide bonds. The van der Waals surface area contributed by atoms with E-state index >= 15 is 0 Å². The number of nitrogens with zero attached hydrogens (tertiary/aromatic N) is 2. The lowest BCUT2D eigenvalue weighted by Crippen LogP contribution is -2.28. The van der Waals surface area contributed by atoms with E-state index in [9.17, 15) is 4.79 Å². The van der Waals surface area contributed by atoms with Crippen LogP contribution in [0.25, 0.3) is 0 Å². The second-order valence-electron chi connectivity index (χ2n) is 6.57. The molecule has 1 N–H and O–H groups in total. The summed E-state index contributed by atoms with van der Waals surface area (Å²) in [6.45, 7) is 0.334. The third-order valence-corrected chi connectivity index (χ3v) is 4.46. The van der Waals surface area contributed by atoms with Gasteiger partial charge in [0.1, 0.15) is 11.9 Å². The molecule has 0 spiro atoms. The van der Waals surface area contributed by atoms with E-state index in [1.54, 1.807) is 18.3 Å². The minimum absolute atomic E-state index is 0.0614. The van der Waals surface area contributed by atoms with Gasteiger partial charge in [-0.15, -0.1) is 0 Å². The van der Waals surface area contributed by atoms with E-state index in [0.29, 0.717) is 24.6 Å². The Bertz CT molecular complexity index is 793. The van der Waals surface area contributed by atoms with Crippen LogP contribution in [0.1, 0.15) is 36.8 Å². The molecule has 3 rings (SSSR count). The number of hydrogen-bond donors (Lipinski definition) is 1. The first-order valence-corrected chi connectivity index (χ1v) is 9.20. The first kappa shape index (κ1) is 18.7. The van der Waals surface area contributed by atoms with Crippen molar-refractivity contribution in [3.63, 3.8) is 0 Å². The van der Waals surface area contributed by atoms with Crippen LogP contribution < -0.4 is 14.8 Å². The van der Waals surface area contributed by atoms with Crippen molar-refractivity contribution in [2.24, 2.45) is 0 Å². The molecule has 1 aromatic heterocycles. The molecule has 1 aliphatic rings. The van der Waals surface area contributed by atoms with Gasteiger partial charge in [-0.25, -0.2) is 4.98 Å². The van der Waals surface area contributed by atoms with Gasteiger partial charge in [0.25, 0.3) is 5.91 Å². The summed E-state index contributed by atoms with van der Waals surface area (Å²) in [7, 11) is 0. The van der Waals surface area contributed by atoms with Crippen molar-refractivity contribution in [1.82, 2.24) is 10.3 Å². The van der Waals surface area contributed by atoms with Crippen LogP contribution in [-0.2, 0) is 17.8 Å². The second-order valence-corrected chi connectivity index (χ2v) is 6.57. The Morgan fingerprint density at radius 1 is 1.19 bits per heavy atom. The molecule has 6 heteroatoms. The summed E-state index contributed by atoms with van der Waals surface area (Å²) in [5, 5.41) is 11.5. The maximum atomic E-state index is 12.0. The maximum Gasteiger partial charge on any atom is 0.258 e. The zero-order valence-corrected chi connectivity index (χ0v) is 15.2. The molecule has 0 bridgehead atoms. The van der Waals surface area contributed by atoms with Crippen LogP contribution >= 0.6 is 0 Å². The lowest BCUT2D eigenvalue weighted by atomic mass is 10.2. The predicted octanol–water partition coefficient (Wildman–Crippen LogP) is 3.16. The zero-order chi connectivity index (χ0) is 18.9. The normalized spacial score (nSPS) is 13.7. The van der Waals surface area contributed by atoms with E-state index in [0.717, 1.165) is 24.0 Å². The molecule has 1 heterocycles. The van der Waals surface area contributed by atoms with Gasteiger partial charge in [0.05, 0.1) is 12.5 Å². The summed E-state index contributed by atoms with van der Waals surface area (Å²) in [6, 6.07) is 13.0. The van der Waals surface area contributed by atoms with Gasteiger partial charge in [0.2, 0.25) is 5.88 Å². The number of nitrogens with one attached hydrogen (secondary N) is 1. The third-order valence-electron chi connectivity index (χ3n) is 4.46. The molecule has 6 nitrogen and oxygen atoms in total. The van der Waals surface area contributed by atoms with Gasteiger partial charge in [0.15, 0.2) is 6.61 Å². The van der Waals surface area contributed by atoms with Crippen LogP contribution in [0.5, 0.6) is 11.6 Å². The van der Waals surface area contributed by atoms with E-state index in [2.05, 4.69) is 16.4 Å². The summed E-state index contributed by atoms with van der Waals surface area (Å²) in [4.78, 5) is 16.2. The summed E-state index contributed by atoms with van der Waals surface area (Å²) in [6.07, 6.45) is 6.90. The minimum atomic E-state index is -0.203. The van der Waals surface area contributed by atoms with Crippen molar-refractivity contribution >= 4 is 5.91 Å². The fourth-order valence-corrected chi connectivity index (χ4v) is 3.00. The molecular weight excluding hydrogens is 342 g/mol. The van der Waals surface area contributed by atoms with Gasteiger partial charge >= 0.3 is 0 Å². The number of carbonyl (C=O) groups is 1. The molecule has 140 valence electrons. The van der Waals surface area contributed by atoms with Crippen LogP contribution in [0.3, 0.4) is 0 Å². The molecule has 2 aromatic rings. The van der Waals surface area contributed by atoms with E-state index in [-0.39, 0.29) is 18.6 Å². The lowest BCUT2D eigenvalue weighted by Gasteiger charge is -2.13. The zero-order valence-electron chi connectivity index (χ0n) is 15.2. The molecule has 0 saturated heterocycles. The highest BCUT2D eigenvalue weighted by molar-refractivity contribution is 5.77.